The van der Waals surface area contributed by atoms with Crippen molar-refractivity contribution in [3.8, 4) is 28.6 Å². The molecule has 0 bridgehead atoms. The zero-order chi connectivity index (χ0) is 22.6. The number of pyridine rings is 2. The molecule has 7 heteroatoms. The van der Waals surface area contributed by atoms with Crippen LogP contribution in [-0.4, -0.2) is 42.2 Å². The van der Waals surface area contributed by atoms with Gasteiger partial charge in [0.2, 0.25) is 11.8 Å². The molecule has 1 amide bonds. The van der Waals surface area contributed by atoms with Crippen molar-refractivity contribution in [2.24, 2.45) is 5.92 Å². The molecule has 0 radical (unpaired) electrons. The van der Waals surface area contributed by atoms with E-state index in [9.17, 15) is 4.79 Å². The topological polar surface area (TPSA) is 82.6 Å². The van der Waals surface area contributed by atoms with E-state index in [-0.39, 0.29) is 17.9 Å². The van der Waals surface area contributed by atoms with Crippen molar-refractivity contribution in [3.05, 3.63) is 42.6 Å². The number of nitrogens with one attached hydrogen (secondary N) is 1. The lowest BCUT2D eigenvalue weighted by Gasteiger charge is -2.24. The van der Waals surface area contributed by atoms with Crippen LogP contribution in [-0.2, 0) is 4.79 Å². The number of methoxy groups -OCH3 is 1. The zero-order valence-electron chi connectivity index (χ0n) is 18.9. The highest BCUT2D eigenvalue weighted by Gasteiger charge is 2.23. The first-order chi connectivity index (χ1) is 16.2. The van der Waals surface area contributed by atoms with E-state index in [0.717, 1.165) is 40.8 Å². The molecule has 1 saturated carbocycles. The van der Waals surface area contributed by atoms with Gasteiger partial charge in [0, 0.05) is 30.6 Å². The first-order valence-corrected chi connectivity index (χ1v) is 11.7. The third-order valence-corrected chi connectivity index (χ3v) is 6.39. The number of amides is 1. The summed E-state index contributed by atoms with van der Waals surface area (Å²) >= 11 is 0. The van der Waals surface area contributed by atoms with Crippen LogP contribution in [0.4, 0.5) is 0 Å². The molecule has 1 atom stereocenters. The largest absolute Gasteiger partial charge is 0.493 e. The van der Waals surface area contributed by atoms with Crippen LogP contribution >= 0.6 is 0 Å². The highest BCUT2D eigenvalue weighted by atomic mass is 16.5. The lowest BCUT2D eigenvalue weighted by atomic mass is 9.98. The summed E-state index contributed by atoms with van der Waals surface area (Å²) in [5.74, 6) is 2.20. The highest BCUT2D eigenvalue weighted by molar-refractivity contribution is 5.87. The second kappa shape index (κ2) is 9.65. The summed E-state index contributed by atoms with van der Waals surface area (Å²) in [6, 6.07) is 11.7. The SMILES string of the molecule is COc1cc(-c2cc3ncccc3c(OCC3CNC(=O)C3)n2)ccc1OC1CCCCC1. The highest BCUT2D eigenvalue weighted by Crippen LogP contribution is 2.36. The van der Waals surface area contributed by atoms with Gasteiger partial charge in [-0.25, -0.2) is 4.98 Å². The Kier molecular flexibility index (Phi) is 6.28. The molecule has 2 aromatic heterocycles. The van der Waals surface area contributed by atoms with Crippen molar-refractivity contribution in [1.82, 2.24) is 15.3 Å². The maximum Gasteiger partial charge on any atom is 0.223 e. The van der Waals surface area contributed by atoms with Gasteiger partial charge in [-0.05, 0) is 62.1 Å². The lowest BCUT2D eigenvalue weighted by Crippen LogP contribution is -2.19. The fourth-order valence-corrected chi connectivity index (χ4v) is 4.57. The zero-order valence-corrected chi connectivity index (χ0v) is 18.9. The summed E-state index contributed by atoms with van der Waals surface area (Å²) in [5.41, 5.74) is 2.46. The molecule has 0 spiro atoms. The van der Waals surface area contributed by atoms with Gasteiger partial charge in [-0.2, -0.15) is 0 Å². The molecule has 33 heavy (non-hydrogen) atoms. The van der Waals surface area contributed by atoms with Crippen LogP contribution in [0.1, 0.15) is 38.5 Å². The molecule has 1 aliphatic heterocycles. The molecular weight excluding hydrogens is 418 g/mol. The molecule has 1 saturated heterocycles. The minimum absolute atomic E-state index is 0.0689. The minimum Gasteiger partial charge on any atom is -0.493 e. The summed E-state index contributed by atoms with van der Waals surface area (Å²) in [5, 5.41) is 3.70. The Morgan fingerprint density at radius 2 is 1.97 bits per heavy atom. The Morgan fingerprint density at radius 1 is 1.09 bits per heavy atom. The molecule has 2 aliphatic rings. The number of aromatic nitrogens is 2. The molecule has 7 nitrogen and oxygen atoms in total. The number of benzene rings is 1. The van der Waals surface area contributed by atoms with Crippen molar-refractivity contribution in [2.45, 2.75) is 44.6 Å². The average molecular weight is 448 g/mol. The molecule has 172 valence electrons. The van der Waals surface area contributed by atoms with Crippen LogP contribution in [0.3, 0.4) is 0 Å². The monoisotopic (exact) mass is 447 g/mol. The van der Waals surface area contributed by atoms with Gasteiger partial charge < -0.3 is 19.5 Å². The van der Waals surface area contributed by atoms with E-state index in [1.165, 1.54) is 19.3 Å². The molecule has 1 N–H and O–H groups in total. The molecule has 1 aliphatic carbocycles. The van der Waals surface area contributed by atoms with E-state index in [0.29, 0.717) is 31.2 Å². The number of ether oxygens (including phenoxy) is 3. The number of carbonyl (C=O) groups is 1. The average Bonchev–Trinajstić information content (AvgIpc) is 3.28. The van der Waals surface area contributed by atoms with Crippen LogP contribution in [0.5, 0.6) is 17.4 Å². The summed E-state index contributed by atoms with van der Waals surface area (Å²) in [4.78, 5) is 20.8. The number of rotatable bonds is 7. The maximum absolute atomic E-state index is 11.5. The first-order valence-electron chi connectivity index (χ1n) is 11.7. The third-order valence-electron chi connectivity index (χ3n) is 6.39. The summed E-state index contributed by atoms with van der Waals surface area (Å²) in [7, 11) is 1.66. The molecule has 5 rings (SSSR count). The van der Waals surface area contributed by atoms with E-state index in [1.807, 2.05) is 36.4 Å². The molecule has 2 fully saturated rings. The van der Waals surface area contributed by atoms with E-state index >= 15 is 0 Å². The van der Waals surface area contributed by atoms with Gasteiger partial charge in [-0.3, -0.25) is 9.78 Å². The van der Waals surface area contributed by atoms with E-state index in [2.05, 4.69) is 10.3 Å². The second-order valence-electron chi connectivity index (χ2n) is 8.81. The fraction of sp³-hybridized carbons (Fsp3) is 0.423. The Labute approximate surface area is 193 Å². The number of carbonyl (C=O) groups excluding carboxylic acids is 1. The van der Waals surface area contributed by atoms with Crippen LogP contribution in [0.2, 0.25) is 0 Å². The van der Waals surface area contributed by atoms with Gasteiger partial charge in [0.25, 0.3) is 0 Å². The maximum atomic E-state index is 11.5. The fourth-order valence-electron chi connectivity index (χ4n) is 4.57. The predicted octanol–water partition coefficient (Wildman–Crippen LogP) is 4.53. The smallest absolute Gasteiger partial charge is 0.223 e. The second-order valence-corrected chi connectivity index (χ2v) is 8.81. The number of nitrogens with zero attached hydrogens (tertiary/aromatic N) is 2. The Balaban J connectivity index is 1.43. The predicted molar refractivity (Wildman–Crippen MR) is 126 cm³/mol. The van der Waals surface area contributed by atoms with Crippen LogP contribution in [0, 0.1) is 5.92 Å². The number of hydrogen-bond acceptors (Lipinski definition) is 6. The van der Waals surface area contributed by atoms with E-state index in [1.54, 1.807) is 13.3 Å². The van der Waals surface area contributed by atoms with Crippen LogP contribution in [0.25, 0.3) is 22.2 Å². The standard InChI is InChI=1S/C26H29N3O4/c1-31-24-13-18(9-10-23(24)33-19-6-3-2-4-7-19)21-14-22-20(8-5-11-27-22)26(29-21)32-16-17-12-25(30)28-15-17/h5,8-11,13-14,17,19H,2-4,6-7,12,15-16H2,1H3,(H,28,30). The molecule has 1 aromatic carbocycles. The lowest BCUT2D eigenvalue weighted by molar-refractivity contribution is -0.119. The van der Waals surface area contributed by atoms with Crippen molar-refractivity contribution < 1.29 is 19.0 Å². The Hall–Kier alpha value is -3.35. The molecule has 3 aromatic rings. The van der Waals surface area contributed by atoms with Crippen LogP contribution < -0.4 is 19.5 Å². The van der Waals surface area contributed by atoms with E-state index in [4.69, 9.17) is 19.2 Å². The first kappa shape index (κ1) is 21.5. The number of fused-ring (bicyclic) bond motifs is 1. The molecule has 1 unspecified atom stereocenters. The Morgan fingerprint density at radius 3 is 2.76 bits per heavy atom. The van der Waals surface area contributed by atoms with Gasteiger partial charge >= 0.3 is 0 Å². The Bertz CT molecular complexity index is 1140. The van der Waals surface area contributed by atoms with Crippen molar-refractivity contribution in [2.75, 3.05) is 20.3 Å². The number of hydrogen-bond donors (Lipinski definition) is 1. The van der Waals surface area contributed by atoms with Crippen molar-refractivity contribution in [1.29, 1.82) is 0 Å². The molecule has 3 heterocycles. The van der Waals surface area contributed by atoms with Crippen molar-refractivity contribution in [3.63, 3.8) is 0 Å². The quantitative estimate of drug-likeness (QED) is 0.573. The normalized spacial score (nSPS) is 18.8. The van der Waals surface area contributed by atoms with Gasteiger partial charge in [0.1, 0.15) is 0 Å². The van der Waals surface area contributed by atoms with E-state index < -0.39 is 0 Å². The van der Waals surface area contributed by atoms with Crippen molar-refractivity contribution >= 4 is 16.8 Å². The van der Waals surface area contributed by atoms with Gasteiger partial charge in [-0.1, -0.05) is 6.42 Å². The molecular formula is C26H29N3O4. The summed E-state index contributed by atoms with van der Waals surface area (Å²) in [6.45, 7) is 1.06. The summed E-state index contributed by atoms with van der Waals surface area (Å²) < 4.78 is 18.0. The van der Waals surface area contributed by atoms with Gasteiger partial charge in [-0.15, -0.1) is 0 Å². The third kappa shape index (κ3) is 4.87. The summed E-state index contributed by atoms with van der Waals surface area (Å²) in [6.07, 6.45) is 8.39. The van der Waals surface area contributed by atoms with Gasteiger partial charge in [0.05, 0.1) is 36.4 Å². The van der Waals surface area contributed by atoms with Crippen LogP contribution in [0.15, 0.2) is 42.6 Å². The minimum atomic E-state index is 0.0689. The van der Waals surface area contributed by atoms with Gasteiger partial charge in [0.15, 0.2) is 11.5 Å².